The maximum atomic E-state index is 11.7. The van der Waals surface area contributed by atoms with Crippen molar-refractivity contribution < 1.29 is 4.79 Å². The van der Waals surface area contributed by atoms with E-state index in [0.717, 1.165) is 19.4 Å². The van der Waals surface area contributed by atoms with Crippen LogP contribution in [0, 0.1) is 0 Å². The fourth-order valence-corrected chi connectivity index (χ4v) is 3.27. The fourth-order valence-electron chi connectivity index (χ4n) is 3.27. The number of nitrogens with one attached hydrogen (secondary N) is 2. The third-order valence-corrected chi connectivity index (χ3v) is 4.31. The van der Waals surface area contributed by atoms with E-state index in [1.807, 2.05) is 7.05 Å². The van der Waals surface area contributed by atoms with Crippen LogP contribution in [0.15, 0.2) is 0 Å². The Bertz CT molecular complexity index is 255. The van der Waals surface area contributed by atoms with Crippen molar-refractivity contribution in [2.45, 2.75) is 56.7 Å². The van der Waals surface area contributed by atoms with Crippen LogP contribution >= 0.6 is 0 Å². The van der Waals surface area contributed by atoms with Gasteiger partial charge in [-0.25, -0.2) is 0 Å². The van der Waals surface area contributed by atoms with E-state index in [2.05, 4.69) is 22.6 Å². The van der Waals surface area contributed by atoms with E-state index in [-0.39, 0.29) is 5.91 Å². The number of hydrogen-bond donors (Lipinski definition) is 2. The summed E-state index contributed by atoms with van der Waals surface area (Å²) in [6.45, 7) is 0.769. The molecule has 2 unspecified atom stereocenters. The molecule has 4 heteroatoms. The van der Waals surface area contributed by atoms with E-state index in [4.69, 9.17) is 0 Å². The standard InChI is InChI=1S/C13H25N3O/c1-14-7-6-13(17)15-10-8-11-4-3-5-12(9-10)16(11)2/h10-12,14H,3-9H2,1-2H3,(H,15,17). The molecule has 2 aliphatic rings. The number of piperidine rings is 2. The van der Waals surface area contributed by atoms with Crippen molar-refractivity contribution in [2.24, 2.45) is 0 Å². The molecule has 1 amide bonds. The molecule has 2 atom stereocenters. The molecular formula is C13H25N3O. The Kier molecular flexibility index (Phi) is 4.40. The average Bonchev–Trinajstić information content (AvgIpc) is 2.28. The Labute approximate surface area is 104 Å². The maximum absolute atomic E-state index is 11.7. The normalized spacial score (nSPS) is 33.4. The predicted octanol–water partition coefficient (Wildman–Crippen LogP) is 0.727. The van der Waals surface area contributed by atoms with Crippen molar-refractivity contribution in [3.63, 3.8) is 0 Å². The van der Waals surface area contributed by atoms with Gasteiger partial charge in [0.1, 0.15) is 0 Å². The summed E-state index contributed by atoms with van der Waals surface area (Å²) in [5.74, 6) is 0.201. The van der Waals surface area contributed by atoms with Crippen LogP contribution < -0.4 is 10.6 Å². The van der Waals surface area contributed by atoms with Crippen LogP contribution in [-0.4, -0.2) is 49.6 Å². The first kappa shape index (κ1) is 12.8. The monoisotopic (exact) mass is 239 g/mol. The molecule has 4 nitrogen and oxygen atoms in total. The van der Waals surface area contributed by atoms with Crippen LogP contribution in [0.25, 0.3) is 0 Å². The van der Waals surface area contributed by atoms with E-state index in [1.54, 1.807) is 0 Å². The minimum Gasteiger partial charge on any atom is -0.353 e. The molecule has 0 aromatic heterocycles. The number of nitrogens with zero attached hydrogens (tertiary/aromatic N) is 1. The molecular weight excluding hydrogens is 214 g/mol. The lowest BCUT2D eigenvalue weighted by Crippen LogP contribution is -2.55. The highest BCUT2D eigenvalue weighted by Crippen LogP contribution is 2.32. The minimum absolute atomic E-state index is 0.201. The summed E-state index contributed by atoms with van der Waals surface area (Å²) in [4.78, 5) is 14.2. The van der Waals surface area contributed by atoms with Crippen LogP contribution in [0.4, 0.5) is 0 Å². The summed E-state index contributed by atoms with van der Waals surface area (Å²) in [7, 11) is 4.13. The van der Waals surface area contributed by atoms with Gasteiger partial charge < -0.3 is 15.5 Å². The van der Waals surface area contributed by atoms with Crippen molar-refractivity contribution in [2.75, 3.05) is 20.6 Å². The third kappa shape index (κ3) is 3.19. The zero-order valence-electron chi connectivity index (χ0n) is 11.0. The van der Waals surface area contributed by atoms with Gasteiger partial charge in [0, 0.05) is 31.1 Å². The largest absolute Gasteiger partial charge is 0.353 e. The molecule has 0 saturated carbocycles. The minimum atomic E-state index is 0.201. The number of hydrogen-bond acceptors (Lipinski definition) is 3. The van der Waals surface area contributed by atoms with Gasteiger partial charge in [-0.05, 0) is 39.8 Å². The molecule has 0 aromatic carbocycles. The van der Waals surface area contributed by atoms with E-state index in [0.29, 0.717) is 24.5 Å². The van der Waals surface area contributed by atoms with Gasteiger partial charge in [0.2, 0.25) is 5.91 Å². The topological polar surface area (TPSA) is 44.4 Å². The number of rotatable bonds is 4. The van der Waals surface area contributed by atoms with Crippen molar-refractivity contribution in [3.05, 3.63) is 0 Å². The van der Waals surface area contributed by atoms with Gasteiger partial charge in [-0.2, -0.15) is 0 Å². The summed E-state index contributed by atoms with van der Waals surface area (Å²) in [5, 5.41) is 6.21. The molecule has 0 radical (unpaired) electrons. The number of fused-ring (bicyclic) bond motifs is 2. The van der Waals surface area contributed by atoms with Crippen molar-refractivity contribution >= 4 is 5.91 Å². The quantitative estimate of drug-likeness (QED) is 0.760. The summed E-state index contributed by atoms with van der Waals surface area (Å²) >= 11 is 0. The highest BCUT2D eigenvalue weighted by atomic mass is 16.1. The van der Waals surface area contributed by atoms with Crippen LogP contribution in [0.3, 0.4) is 0 Å². The first-order chi connectivity index (χ1) is 8.20. The van der Waals surface area contributed by atoms with E-state index < -0.39 is 0 Å². The van der Waals surface area contributed by atoms with Crippen molar-refractivity contribution in [1.82, 2.24) is 15.5 Å². The van der Waals surface area contributed by atoms with Crippen LogP contribution in [0.2, 0.25) is 0 Å². The molecule has 17 heavy (non-hydrogen) atoms. The van der Waals surface area contributed by atoms with Gasteiger partial charge in [-0.15, -0.1) is 0 Å². The average molecular weight is 239 g/mol. The Morgan fingerprint density at radius 1 is 1.29 bits per heavy atom. The molecule has 2 N–H and O–H groups in total. The van der Waals surface area contributed by atoms with Crippen LogP contribution in [0.5, 0.6) is 0 Å². The summed E-state index contributed by atoms with van der Waals surface area (Å²) in [6, 6.07) is 1.79. The van der Waals surface area contributed by atoms with Crippen molar-refractivity contribution in [3.8, 4) is 0 Å². The summed E-state index contributed by atoms with van der Waals surface area (Å²) in [5.41, 5.74) is 0. The first-order valence-corrected chi connectivity index (χ1v) is 6.86. The van der Waals surface area contributed by atoms with Crippen LogP contribution in [-0.2, 0) is 4.79 Å². The highest BCUT2D eigenvalue weighted by molar-refractivity contribution is 5.76. The zero-order valence-corrected chi connectivity index (χ0v) is 11.0. The molecule has 0 spiro atoms. The Morgan fingerprint density at radius 2 is 1.94 bits per heavy atom. The van der Waals surface area contributed by atoms with E-state index in [1.165, 1.54) is 19.3 Å². The smallest absolute Gasteiger partial charge is 0.221 e. The van der Waals surface area contributed by atoms with Gasteiger partial charge in [0.15, 0.2) is 0 Å². The first-order valence-electron chi connectivity index (χ1n) is 6.86. The summed E-state index contributed by atoms with van der Waals surface area (Å²) in [6.07, 6.45) is 6.83. The summed E-state index contributed by atoms with van der Waals surface area (Å²) < 4.78 is 0. The maximum Gasteiger partial charge on any atom is 0.221 e. The van der Waals surface area contributed by atoms with Gasteiger partial charge in [0.25, 0.3) is 0 Å². The molecule has 2 fully saturated rings. The van der Waals surface area contributed by atoms with E-state index >= 15 is 0 Å². The lowest BCUT2D eigenvalue weighted by Gasteiger charge is -2.47. The van der Waals surface area contributed by atoms with Gasteiger partial charge in [-0.3, -0.25) is 4.79 Å². The van der Waals surface area contributed by atoms with Crippen molar-refractivity contribution in [1.29, 1.82) is 0 Å². The van der Waals surface area contributed by atoms with Crippen LogP contribution in [0.1, 0.15) is 38.5 Å². The van der Waals surface area contributed by atoms with Gasteiger partial charge in [0.05, 0.1) is 0 Å². The Morgan fingerprint density at radius 3 is 2.53 bits per heavy atom. The third-order valence-electron chi connectivity index (χ3n) is 4.31. The Hall–Kier alpha value is -0.610. The number of carbonyl (C=O) groups is 1. The second kappa shape index (κ2) is 5.83. The molecule has 2 bridgehead atoms. The second-order valence-corrected chi connectivity index (χ2v) is 5.49. The van der Waals surface area contributed by atoms with Gasteiger partial charge in [-0.1, -0.05) is 6.42 Å². The SMILES string of the molecule is CNCCC(=O)NC1CC2CCCC(C1)N2C. The number of amides is 1. The fraction of sp³-hybridized carbons (Fsp3) is 0.923. The molecule has 2 aliphatic heterocycles. The van der Waals surface area contributed by atoms with Gasteiger partial charge >= 0.3 is 0 Å². The second-order valence-electron chi connectivity index (χ2n) is 5.49. The molecule has 2 heterocycles. The molecule has 0 aromatic rings. The Balaban J connectivity index is 1.81. The number of carbonyl (C=O) groups excluding carboxylic acids is 1. The predicted molar refractivity (Wildman–Crippen MR) is 68.9 cm³/mol. The molecule has 2 saturated heterocycles. The molecule has 2 rings (SSSR count). The zero-order chi connectivity index (χ0) is 12.3. The lowest BCUT2D eigenvalue weighted by molar-refractivity contribution is -0.122. The highest BCUT2D eigenvalue weighted by Gasteiger charge is 2.36. The molecule has 0 aliphatic carbocycles. The van der Waals surface area contributed by atoms with E-state index in [9.17, 15) is 4.79 Å². The lowest BCUT2D eigenvalue weighted by atomic mass is 9.82. The molecule has 98 valence electrons.